The molecule has 0 aliphatic carbocycles. The van der Waals surface area contributed by atoms with Crippen LogP contribution in [0.5, 0.6) is 5.75 Å². The van der Waals surface area contributed by atoms with Gasteiger partial charge in [0.15, 0.2) is 0 Å². The van der Waals surface area contributed by atoms with Gasteiger partial charge in [0, 0.05) is 28.9 Å². The summed E-state index contributed by atoms with van der Waals surface area (Å²) in [4.78, 5) is 0. The molecule has 5 heteroatoms. The Kier molecular flexibility index (Phi) is 5.65. The fourth-order valence-corrected chi connectivity index (χ4v) is 2.58. The largest absolute Gasteiger partial charge is 0.496 e. The van der Waals surface area contributed by atoms with Crippen LogP contribution in [0.2, 0.25) is 5.02 Å². The topological polar surface area (TPSA) is 39.1 Å². The van der Waals surface area contributed by atoms with Crippen molar-refractivity contribution >= 4 is 11.6 Å². The van der Waals surface area contributed by atoms with Crippen LogP contribution in [0.1, 0.15) is 37.4 Å². The number of benzene rings is 1. The number of ether oxygens (including phenoxy) is 1. The summed E-state index contributed by atoms with van der Waals surface area (Å²) in [5, 5.41) is 8.58. The first-order valence-corrected chi connectivity index (χ1v) is 7.66. The van der Waals surface area contributed by atoms with E-state index in [2.05, 4.69) is 30.5 Å². The average molecular weight is 308 g/mol. The zero-order chi connectivity index (χ0) is 15.2. The van der Waals surface area contributed by atoms with Gasteiger partial charge in [0.2, 0.25) is 0 Å². The Morgan fingerprint density at radius 1 is 1.38 bits per heavy atom. The fourth-order valence-electron chi connectivity index (χ4n) is 2.41. The first-order chi connectivity index (χ1) is 10.2. The summed E-state index contributed by atoms with van der Waals surface area (Å²) < 4.78 is 7.45. The van der Waals surface area contributed by atoms with Crippen LogP contribution < -0.4 is 10.1 Å². The Morgan fingerprint density at radius 2 is 2.19 bits per heavy atom. The van der Waals surface area contributed by atoms with E-state index in [1.54, 1.807) is 7.11 Å². The molecule has 0 bridgehead atoms. The van der Waals surface area contributed by atoms with Crippen molar-refractivity contribution in [3.63, 3.8) is 0 Å². The van der Waals surface area contributed by atoms with Crippen LogP contribution in [0.15, 0.2) is 30.6 Å². The van der Waals surface area contributed by atoms with E-state index in [4.69, 9.17) is 16.3 Å². The van der Waals surface area contributed by atoms with Gasteiger partial charge in [0.05, 0.1) is 19.3 Å². The van der Waals surface area contributed by atoms with Gasteiger partial charge in [-0.1, -0.05) is 31.5 Å². The van der Waals surface area contributed by atoms with E-state index in [9.17, 15) is 0 Å². The summed E-state index contributed by atoms with van der Waals surface area (Å²) in [7, 11) is 1.67. The van der Waals surface area contributed by atoms with Crippen molar-refractivity contribution < 1.29 is 4.74 Å². The van der Waals surface area contributed by atoms with E-state index < -0.39 is 0 Å². The number of nitrogens with zero attached hydrogens (tertiary/aromatic N) is 2. The molecule has 4 nitrogen and oxygen atoms in total. The number of methoxy groups -OCH3 is 1. The minimum atomic E-state index is 0.0489. The van der Waals surface area contributed by atoms with E-state index in [0.717, 1.165) is 36.4 Å². The number of nitrogens with one attached hydrogen (secondary N) is 1. The van der Waals surface area contributed by atoms with Crippen molar-refractivity contribution in [2.45, 2.75) is 32.9 Å². The van der Waals surface area contributed by atoms with Crippen molar-refractivity contribution in [2.75, 3.05) is 13.7 Å². The van der Waals surface area contributed by atoms with Crippen LogP contribution in [0.3, 0.4) is 0 Å². The molecule has 0 fully saturated rings. The van der Waals surface area contributed by atoms with Crippen molar-refractivity contribution in [2.24, 2.45) is 0 Å². The van der Waals surface area contributed by atoms with Crippen LogP contribution in [0.25, 0.3) is 0 Å². The van der Waals surface area contributed by atoms with Crippen molar-refractivity contribution in [1.29, 1.82) is 0 Å². The second-order valence-electron chi connectivity index (χ2n) is 4.91. The maximum atomic E-state index is 6.05. The summed E-state index contributed by atoms with van der Waals surface area (Å²) >= 11 is 6.05. The van der Waals surface area contributed by atoms with Gasteiger partial charge in [-0.2, -0.15) is 5.10 Å². The number of rotatable bonds is 7. The summed E-state index contributed by atoms with van der Waals surface area (Å²) in [6, 6.07) is 5.79. The molecule has 1 heterocycles. The van der Waals surface area contributed by atoms with Gasteiger partial charge < -0.3 is 10.1 Å². The van der Waals surface area contributed by atoms with Crippen LogP contribution in [-0.4, -0.2) is 23.4 Å². The summed E-state index contributed by atoms with van der Waals surface area (Å²) in [5.41, 5.74) is 2.20. The number of halogens is 1. The highest BCUT2D eigenvalue weighted by atomic mass is 35.5. The number of hydrogen-bond acceptors (Lipinski definition) is 3. The third-order valence-electron chi connectivity index (χ3n) is 3.35. The van der Waals surface area contributed by atoms with E-state index in [1.807, 2.05) is 29.1 Å². The maximum absolute atomic E-state index is 6.05. The van der Waals surface area contributed by atoms with Gasteiger partial charge in [-0.25, -0.2) is 0 Å². The van der Waals surface area contributed by atoms with Crippen LogP contribution in [0, 0.1) is 0 Å². The number of hydrogen-bond donors (Lipinski definition) is 1. The summed E-state index contributed by atoms with van der Waals surface area (Å²) in [6.45, 7) is 6.02. The Hall–Kier alpha value is -1.52. The zero-order valence-corrected chi connectivity index (χ0v) is 13.5. The molecule has 1 unspecified atom stereocenters. The molecule has 1 atom stereocenters. The molecule has 0 aliphatic heterocycles. The van der Waals surface area contributed by atoms with Crippen molar-refractivity contribution in [1.82, 2.24) is 15.1 Å². The monoisotopic (exact) mass is 307 g/mol. The van der Waals surface area contributed by atoms with Crippen molar-refractivity contribution in [3.05, 3.63) is 46.7 Å². The molecule has 21 heavy (non-hydrogen) atoms. The third-order valence-corrected chi connectivity index (χ3v) is 3.59. The predicted octanol–water partition coefficient (Wildman–Crippen LogP) is 3.65. The molecule has 0 spiro atoms. The molecule has 0 radical (unpaired) electrons. The molecule has 0 amide bonds. The van der Waals surface area contributed by atoms with E-state index in [-0.39, 0.29) is 6.04 Å². The van der Waals surface area contributed by atoms with Gasteiger partial charge >= 0.3 is 0 Å². The first kappa shape index (κ1) is 15.9. The van der Waals surface area contributed by atoms with Gasteiger partial charge in [-0.3, -0.25) is 4.68 Å². The van der Waals surface area contributed by atoms with Crippen LogP contribution in [-0.2, 0) is 6.54 Å². The molecule has 2 rings (SSSR count). The lowest BCUT2D eigenvalue weighted by Crippen LogP contribution is -2.22. The molecule has 114 valence electrons. The molecule has 1 aromatic heterocycles. The lowest BCUT2D eigenvalue weighted by Gasteiger charge is -2.19. The molecule has 0 saturated heterocycles. The molecule has 0 saturated carbocycles. The minimum absolute atomic E-state index is 0.0489. The Morgan fingerprint density at radius 3 is 2.86 bits per heavy atom. The average Bonchev–Trinajstić information content (AvgIpc) is 2.94. The molecule has 1 N–H and O–H groups in total. The second kappa shape index (κ2) is 7.48. The molecule has 0 aliphatic rings. The first-order valence-electron chi connectivity index (χ1n) is 7.28. The zero-order valence-electron chi connectivity index (χ0n) is 12.8. The second-order valence-corrected chi connectivity index (χ2v) is 5.35. The fraction of sp³-hybridized carbons (Fsp3) is 0.438. The quantitative estimate of drug-likeness (QED) is 0.848. The van der Waals surface area contributed by atoms with E-state index in [0.29, 0.717) is 5.02 Å². The Balaban J connectivity index is 2.37. The Bertz CT molecular complexity index is 583. The van der Waals surface area contributed by atoms with Gasteiger partial charge in [0.1, 0.15) is 5.75 Å². The lowest BCUT2D eigenvalue weighted by atomic mass is 10.0. The van der Waals surface area contributed by atoms with E-state index >= 15 is 0 Å². The standard InChI is InChI=1S/C16H22ClN3O/c1-4-8-20-11-12(10-19-20)16(18-5-2)14-7-6-13(17)9-15(14)21-3/h6-7,9-11,16,18H,4-5,8H2,1-3H3. The van der Waals surface area contributed by atoms with Gasteiger partial charge in [0.25, 0.3) is 0 Å². The van der Waals surface area contributed by atoms with Crippen molar-refractivity contribution in [3.8, 4) is 5.75 Å². The molecule has 1 aromatic carbocycles. The maximum Gasteiger partial charge on any atom is 0.125 e. The van der Waals surface area contributed by atoms with Crippen LogP contribution >= 0.6 is 11.6 Å². The summed E-state index contributed by atoms with van der Waals surface area (Å²) in [5.74, 6) is 0.789. The molecule has 2 aromatic rings. The SMILES string of the molecule is CCCn1cc(C(NCC)c2ccc(Cl)cc2OC)cn1. The molecular weight excluding hydrogens is 286 g/mol. The Labute approximate surface area is 131 Å². The van der Waals surface area contributed by atoms with E-state index in [1.165, 1.54) is 0 Å². The number of aryl methyl sites for hydroxylation is 1. The predicted molar refractivity (Wildman–Crippen MR) is 86.0 cm³/mol. The summed E-state index contributed by atoms with van der Waals surface area (Å²) in [6.07, 6.45) is 5.07. The highest BCUT2D eigenvalue weighted by Crippen LogP contribution is 2.32. The highest BCUT2D eigenvalue weighted by molar-refractivity contribution is 6.30. The number of aromatic nitrogens is 2. The minimum Gasteiger partial charge on any atom is -0.496 e. The van der Waals surface area contributed by atoms with Gasteiger partial charge in [-0.05, 0) is 25.1 Å². The molecular formula is C16H22ClN3O. The smallest absolute Gasteiger partial charge is 0.125 e. The third kappa shape index (κ3) is 3.77. The van der Waals surface area contributed by atoms with Gasteiger partial charge in [-0.15, -0.1) is 0 Å². The van der Waals surface area contributed by atoms with Crippen LogP contribution in [0.4, 0.5) is 0 Å². The normalized spacial score (nSPS) is 12.4. The highest BCUT2D eigenvalue weighted by Gasteiger charge is 2.19. The lowest BCUT2D eigenvalue weighted by molar-refractivity contribution is 0.404.